The molecule has 4 nitrogen and oxygen atoms in total. The molecule has 1 fully saturated rings. The summed E-state index contributed by atoms with van der Waals surface area (Å²) in [6, 6.07) is 16.2. The zero-order valence-electron chi connectivity index (χ0n) is 16.0. The second kappa shape index (κ2) is 9.88. The van der Waals surface area contributed by atoms with Crippen molar-refractivity contribution >= 4 is 17.5 Å². The van der Waals surface area contributed by atoms with E-state index in [4.69, 9.17) is 11.6 Å². The first-order chi connectivity index (χ1) is 13.1. The molecule has 2 aromatic carbocycles. The SMILES string of the molecule is Cc1ccccc1CN1CCCN(CC(=O)NCc2cccc(Cl)c2)CC1. The second-order valence-corrected chi connectivity index (χ2v) is 7.68. The number of halogens is 1. The van der Waals surface area contributed by atoms with E-state index in [1.54, 1.807) is 0 Å². The van der Waals surface area contributed by atoms with Crippen LogP contribution in [0.2, 0.25) is 5.02 Å². The lowest BCUT2D eigenvalue weighted by molar-refractivity contribution is -0.122. The Labute approximate surface area is 167 Å². The molecule has 0 spiro atoms. The minimum atomic E-state index is 0.0716. The highest BCUT2D eigenvalue weighted by atomic mass is 35.5. The standard InChI is InChI=1S/C22H28ClN3O/c1-18-6-2-3-8-20(18)16-25-10-5-11-26(13-12-25)17-22(27)24-15-19-7-4-9-21(23)14-19/h2-4,6-9,14H,5,10-13,15-17H2,1H3,(H,24,27). The van der Waals surface area contributed by atoms with Gasteiger partial charge in [0.05, 0.1) is 6.54 Å². The van der Waals surface area contributed by atoms with E-state index in [9.17, 15) is 4.79 Å². The molecule has 1 amide bonds. The van der Waals surface area contributed by atoms with E-state index < -0.39 is 0 Å². The molecule has 1 heterocycles. The normalized spacial score (nSPS) is 16.1. The van der Waals surface area contributed by atoms with Crippen LogP contribution in [0.15, 0.2) is 48.5 Å². The zero-order valence-corrected chi connectivity index (χ0v) is 16.7. The smallest absolute Gasteiger partial charge is 0.234 e. The number of carbonyl (C=O) groups excluding carboxylic acids is 1. The van der Waals surface area contributed by atoms with Crippen molar-refractivity contribution in [1.29, 1.82) is 0 Å². The minimum absolute atomic E-state index is 0.0716. The third-order valence-electron chi connectivity index (χ3n) is 5.08. The van der Waals surface area contributed by atoms with Gasteiger partial charge >= 0.3 is 0 Å². The molecule has 0 bridgehead atoms. The van der Waals surface area contributed by atoms with Gasteiger partial charge in [0, 0.05) is 31.2 Å². The van der Waals surface area contributed by atoms with Crippen molar-refractivity contribution in [3.8, 4) is 0 Å². The van der Waals surface area contributed by atoms with E-state index in [1.165, 1.54) is 11.1 Å². The Morgan fingerprint density at radius 2 is 1.81 bits per heavy atom. The van der Waals surface area contributed by atoms with Crippen LogP contribution in [0.1, 0.15) is 23.1 Å². The van der Waals surface area contributed by atoms with Crippen LogP contribution in [0.5, 0.6) is 0 Å². The van der Waals surface area contributed by atoms with E-state index >= 15 is 0 Å². The molecular weight excluding hydrogens is 358 g/mol. The lowest BCUT2D eigenvalue weighted by atomic mass is 10.1. The van der Waals surface area contributed by atoms with E-state index in [0.717, 1.165) is 44.7 Å². The third-order valence-corrected chi connectivity index (χ3v) is 5.32. The van der Waals surface area contributed by atoms with Crippen molar-refractivity contribution < 1.29 is 4.79 Å². The number of rotatable bonds is 6. The quantitative estimate of drug-likeness (QED) is 0.827. The topological polar surface area (TPSA) is 35.6 Å². The first-order valence-electron chi connectivity index (χ1n) is 9.60. The molecule has 0 unspecified atom stereocenters. The summed E-state index contributed by atoms with van der Waals surface area (Å²) in [6.45, 7) is 8.10. The Hall–Kier alpha value is -1.88. The Bertz CT molecular complexity index is 765. The lowest BCUT2D eigenvalue weighted by Gasteiger charge is -2.22. The van der Waals surface area contributed by atoms with E-state index in [-0.39, 0.29) is 5.91 Å². The molecule has 0 aromatic heterocycles. The first-order valence-corrected chi connectivity index (χ1v) is 9.98. The van der Waals surface area contributed by atoms with Gasteiger partial charge in [-0.15, -0.1) is 0 Å². The van der Waals surface area contributed by atoms with Gasteiger partial charge in [0.2, 0.25) is 5.91 Å². The van der Waals surface area contributed by atoms with Gasteiger partial charge in [-0.2, -0.15) is 0 Å². The fourth-order valence-electron chi connectivity index (χ4n) is 3.48. The second-order valence-electron chi connectivity index (χ2n) is 7.24. The van der Waals surface area contributed by atoms with Crippen LogP contribution in [0.3, 0.4) is 0 Å². The van der Waals surface area contributed by atoms with Crippen LogP contribution < -0.4 is 5.32 Å². The van der Waals surface area contributed by atoms with Gasteiger partial charge in [-0.05, 0) is 55.3 Å². The van der Waals surface area contributed by atoms with Gasteiger partial charge in [-0.3, -0.25) is 14.6 Å². The van der Waals surface area contributed by atoms with Gasteiger partial charge in [-0.1, -0.05) is 48.0 Å². The van der Waals surface area contributed by atoms with Gasteiger partial charge in [0.15, 0.2) is 0 Å². The van der Waals surface area contributed by atoms with Gasteiger partial charge in [-0.25, -0.2) is 0 Å². The molecule has 1 saturated heterocycles. The molecular formula is C22H28ClN3O. The molecule has 144 valence electrons. The van der Waals surface area contributed by atoms with E-state index in [0.29, 0.717) is 18.1 Å². The summed E-state index contributed by atoms with van der Waals surface area (Å²) in [4.78, 5) is 17.0. The highest BCUT2D eigenvalue weighted by Crippen LogP contribution is 2.13. The monoisotopic (exact) mass is 385 g/mol. The number of nitrogens with zero attached hydrogens (tertiary/aromatic N) is 2. The number of benzene rings is 2. The molecule has 5 heteroatoms. The molecule has 2 aromatic rings. The van der Waals surface area contributed by atoms with Crippen LogP contribution in [-0.4, -0.2) is 48.4 Å². The van der Waals surface area contributed by atoms with Crippen LogP contribution >= 0.6 is 11.6 Å². The summed E-state index contributed by atoms with van der Waals surface area (Å²) in [5, 5.41) is 3.70. The Balaban J connectivity index is 1.44. The van der Waals surface area contributed by atoms with Crippen LogP contribution in [0, 0.1) is 6.92 Å². The number of amides is 1. The van der Waals surface area contributed by atoms with Gasteiger partial charge in [0.25, 0.3) is 0 Å². The average molecular weight is 386 g/mol. The predicted molar refractivity (Wildman–Crippen MR) is 111 cm³/mol. The molecule has 3 rings (SSSR count). The molecule has 1 N–H and O–H groups in total. The van der Waals surface area contributed by atoms with Crippen molar-refractivity contribution in [2.45, 2.75) is 26.4 Å². The van der Waals surface area contributed by atoms with Crippen LogP contribution in [0.4, 0.5) is 0 Å². The molecule has 0 radical (unpaired) electrons. The Kier molecular flexibility index (Phi) is 7.27. The van der Waals surface area contributed by atoms with Gasteiger partial charge in [0.1, 0.15) is 0 Å². The highest BCUT2D eigenvalue weighted by Gasteiger charge is 2.17. The zero-order chi connectivity index (χ0) is 19.1. The molecule has 1 aliphatic heterocycles. The maximum absolute atomic E-state index is 12.3. The van der Waals surface area contributed by atoms with E-state index in [1.807, 2.05) is 24.3 Å². The molecule has 1 aliphatic rings. The number of hydrogen-bond acceptors (Lipinski definition) is 3. The molecule has 0 aliphatic carbocycles. The largest absolute Gasteiger partial charge is 0.351 e. The summed E-state index contributed by atoms with van der Waals surface area (Å²) in [7, 11) is 0. The number of carbonyl (C=O) groups is 1. The maximum Gasteiger partial charge on any atom is 0.234 e. The fourth-order valence-corrected chi connectivity index (χ4v) is 3.69. The summed E-state index contributed by atoms with van der Waals surface area (Å²) < 4.78 is 0. The highest BCUT2D eigenvalue weighted by molar-refractivity contribution is 6.30. The summed E-state index contributed by atoms with van der Waals surface area (Å²) in [5.41, 5.74) is 3.76. The van der Waals surface area contributed by atoms with Crippen LogP contribution in [0.25, 0.3) is 0 Å². The first kappa shape index (κ1) is 19.9. The fraction of sp³-hybridized carbons (Fsp3) is 0.409. The van der Waals surface area contributed by atoms with Gasteiger partial charge < -0.3 is 5.32 Å². The minimum Gasteiger partial charge on any atom is -0.351 e. The summed E-state index contributed by atoms with van der Waals surface area (Å²) >= 11 is 5.99. The third kappa shape index (κ3) is 6.35. The predicted octanol–water partition coefficient (Wildman–Crippen LogP) is 3.47. The molecule has 0 atom stereocenters. The van der Waals surface area contributed by atoms with Crippen molar-refractivity contribution in [2.75, 3.05) is 32.7 Å². The Morgan fingerprint density at radius 3 is 2.63 bits per heavy atom. The van der Waals surface area contributed by atoms with E-state index in [2.05, 4.69) is 46.3 Å². The average Bonchev–Trinajstić information content (AvgIpc) is 2.87. The molecule has 0 saturated carbocycles. The van der Waals surface area contributed by atoms with Crippen LogP contribution in [-0.2, 0) is 17.9 Å². The summed E-state index contributed by atoms with van der Waals surface area (Å²) in [5.74, 6) is 0.0716. The molecule has 27 heavy (non-hydrogen) atoms. The van der Waals surface area contributed by atoms with Crippen molar-refractivity contribution in [3.05, 3.63) is 70.2 Å². The summed E-state index contributed by atoms with van der Waals surface area (Å²) in [6.07, 6.45) is 1.09. The number of nitrogens with one attached hydrogen (secondary N) is 1. The lowest BCUT2D eigenvalue weighted by Crippen LogP contribution is -2.39. The Morgan fingerprint density at radius 1 is 1.04 bits per heavy atom. The van der Waals surface area contributed by atoms with Crippen molar-refractivity contribution in [1.82, 2.24) is 15.1 Å². The van der Waals surface area contributed by atoms with Crippen molar-refractivity contribution in [2.24, 2.45) is 0 Å². The number of hydrogen-bond donors (Lipinski definition) is 1. The number of aryl methyl sites for hydroxylation is 1. The maximum atomic E-state index is 12.3. The van der Waals surface area contributed by atoms with Crippen molar-refractivity contribution in [3.63, 3.8) is 0 Å².